The Balaban J connectivity index is 1.40. The maximum Gasteiger partial charge on any atom is 0.410 e. The molecule has 3 aromatic rings. The van der Waals surface area contributed by atoms with Crippen molar-refractivity contribution in [3.63, 3.8) is 0 Å². The fourth-order valence-corrected chi connectivity index (χ4v) is 4.05. The molecule has 1 aliphatic heterocycles. The molecule has 1 fully saturated rings. The molecule has 0 spiro atoms. The number of rotatable bonds is 5. The number of nitrogens with one attached hydrogen (secondary N) is 1. The topological polar surface area (TPSA) is 96.4 Å². The number of aryl methyl sites for hydroxylation is 1. The largest absolute Gasteiger partial charge is 0.444 e. The Labute approximate surface area is 200 Å². The molecule has 2 aromatic heterocycles. The van der Waals surface area contributed by atoms with Gasteiger partial charge in [0, 0.05) is 55.9 Å². The zero-order valence-electron chi connectivity index (χ0n) is 20.6. The van der Waals surface area contributed by atoms with Crippen molar-refractivity contribution in [3.05, 3.63) is 42.6 Å². The molecule has 4 rings (SSSR count). The summed E-state index contributed by atoms with van der Waals surface area (Å²) in [5, 5.41) is 4.50. The lowest BCUT2D eigenvalue weighted by atomic mass is 10.1. The SMILES string of the molecule is Cc1cnc(-c2cccc3c(NC(C)CN4CCN(C(=O)OC(C)(C)C)CC4)ncnc23)cn1. The Morgan fingerprint density at radius 1 is 1.09 bits per heavy atom. The third-order valence-corrected chi connectivity index (χ3v) is 5.66. The second kappa shape index (κ2) is 9.89. The fraction of sp³-hybridized carbons (Fsp3) is 0.480. The third kappa shape index (κ3) is 5.77. The Morgan fingerprint density at radius 3 is 2.53 bits per heavy atom. The Hall–Kier alpha value is -3.33. The van der Waals surface area contributed by atoms with Crippen LogP contribution in [0, 0.1) is 6.92 Å². The Kier molecular flexibility index (Phi) is 6.92. The smallest absolute Gasteiger partial charge is 0.410 e. The van der Waals surface area contributed by atoms with E-state index in [1.165, 1.54) is 0 Å². The Morgan fingerprint density at radius 2 is 1.85 bits per heavy atom. The number of anilines is 1. The number of carbonyl (C=O) groups excluding carboxylic acids is 1. The minimum absolute atomic E-state index is 0.161. The van der Waals surface area contributed by atoms with Crippen LogP contribution in [0.25, 0.3) is 22.2 Å². The number of amides is 1. The summed E-state index contributed by atoms with van der Waals surface area (Å²) < 4.78 is 5.49. The Bertz CT molecular complexity index is 1140. The first-order chi connectivity index (χ1) is 16.2. The molecule has 0 bridgehead atoms. The summed E-state index contributed by atoms with van der Waals surface area (Å²) in [6.45, 7) is 13.5. The van der Waals surface area contributed by atoms with E-state index in [9.17, 15) is 4.79 Å². The molecule has 9 nitrogen and oxygen atoms in total. The molecule has 0 saturated carbocycles. The molecular weight excluding hydrogens is 430 g/mol. The van der Waals surface area contributed by atoms with Gasteiger partial charge in [-0.15, -0.1) is 0 Å². The second-order valence-electron chi connectivity index (χ2n) is 9.78. The van der Waals surface area contributed by atoms with Gasteiger partial charge in [-0.25, -0.2) is 14.8 Å². The van der Waals surface area contributed by atoms with Crippen LogP contribution in [0.1, 0.15) is 33.4 Å². The summed E-state index contributed by atoms with van der Waals surface area (Å²) in [6, 6.07) is 6.18. The van der Waals surface area contributed by atoms with E-state index in [1.54, 1.807) is 23.6 Å². The average Bonchev–Trinajstić information content (AvgIpc) is 2.79. The van der Waals surface area contributed by atoms with Gasteiger partial charge in [0.1, 0.15) is 17.7 Å². The van der Waals surface area contributed by atoms with Gasteiger partial charge in [0.2, 0.25) is 0 Å². The van der Waals surface area contributed by atoms with Crippen molar-refractivity contribution in [3.8, 4) is 11.3 Å². The third-order valence-electron chi connectivity index (χ3n) is 5.66. The van der Waals surface area contributed by atoms with E-state index < -0.39 is 5.60 Å². The summed E-state index contributed by atoms with van der Waals surface area (Å²) in [7, 11) is 0. The van der Waals surface area contributed by atoms with Crippen LogP contribution in [0.5, 0.6) is 0 Å². The molecule has 1 amide bonds. The molecule has 0 aliphatic carbocycles. The van der Waals surface area contributed by atoms with Gasteiger partial charge >= 0.3 is 6.09 Å². The number of para-hydroxylation sites is 1. The minimum Gasteiger partial charge on any atom is -0.444 e. The fourth-order valence-electron chi connectivity index (χ4n) is 4.05. The van der Waals surface area contributed by atoms with Crippen molar-refractivity contribution in [2.75, 3.05) is 38.0 Å². The lowest BCUT2D eigenvalue weighted by Gasteiger charge is -2.36. The van der Waals surface area contributed by atoms with Crippen molar-refractivity contribution < 1.29 is 9.53 Å². The van der Waals surface area contributed by atoms with Crippen LogP contribution in [-0.2, 0) is 4.74 Å². The standard InChI is InChI=1S/C25H33N7O2/c1-17-13-27-21(14-26-17)19-7-6-8-20-22(19)28-16-29-23(20)30-18(2)15-31-9-11-32(12-10-31)24(33)34-25(3,4)5/h6-8,13-14,16,18H,9-12,15H2,1-5H3,(H,28,29,30). The average molecular weight is 464 g/mol. The van der Waals surface area contributed by atoms with E-state index in [2.05, 4.69) is 37.1 Å². The van der Waals surface area contributed by atoms with E-state index in [-0.39, 0.29) is 12.1 Å². The lowest BCUT2D eigenvalue weighted by Crippen LogP contribution is -2.51. The van der Waals surface area contributed by atoms with E-state index in [0.717, 1.165) is 53.3 Å². The number of fused-ring (bicyclic) bond motifs is 1. The van der Waals surface area contributed by atoms with E-state index in [4.69, 9.17) is 4.74 Å². The highest BCUT2D eigenvalue weighted by molar-refractivity contribution is 5.98. The molecule has 1 atom stereocenters. The normalized spacial score (nSPS) is 15.9. The van der Waals surface area contributed by atoms with Gasteiger partial charge in [-0.1, -0.05) is 12.1 Å². The van der Waals surface area contributed by atoms with Gasteiger partial charge < -0.3 is 15.0 Å². The van der Waals surface area contributed by atoms with Crippen LogP contribution >= 0.6 is 0 Å². The van der Waals surface area contributed by atoms with Crippen molar-refractivity contribution in [2.24, 2.45) is 0 Å². The number of benzene rings is 1. The zero-order valence-corrected chi connectivity index (χ0v) is 20.6. The predicted octanol–water partition coefficient (Wildman–Crippen LogP) is 3.75. The van der Waals surface area contributed by atoms with Crippen LogP contribution in [0.15, 0.2) is 36.9 Å². The molecule has 1 aromatic carbocycles. The molecule has 34 heavy (non-hydrogen) atoms. The van der Waals surface area contributed by atoms with Crippen molar-refractivity contribution >= 4 is 22.8 Å². The van der Waals surface area contributed by atoms with Gasteiger partial charge in [0.05, 0.1) is 23.1 Å². The molecule has 9 heteroatoms. The highest BCUT2D eigenvalue weighted by atomic mass is 16.6. The highest BCUT2D eigenvalue weighted by Crippen LogP contribution is 2.28. The monoisotopic (exact) mass is 463 g/mol. The summed E-state index contributed by atoms with van der Waals surface area (Å²) in [5.41, 5.74) is 2.97. The van der Waals surface area contributed by atoms with Crippen LogP contribution < -0.4 is 5.32 Å². The first-order valence-electron chi connectivity index (χ1n) is 11.7. The van der Waals surface area contributed by atoms with E-state index in [1.807, 2.05) is 45.9 Å². The molecule has 0 radical (unpaired) electrons. The molecule has 1 unspecified atom stereocenters. The number of aromatic nitrogens is 4. The van der Waals surface area contributed by atoms with Gasteiger partial charge in [-0.05, 0) is 40.7 Å². The van der Waals surface area contributed by atoms with Crippen LogP contribution in [-0.4, -0.2) is 80.2 Å². The summed E-state index contributed by atoms with van der Waals surface area (Å²) in [5.74, 6) is 0.798. The van der Waals surface area contributed by atoms with Crippen LogP contribution in [0.4, 0.5) is 10.6 Å². The van der Waals surface area contributed by atoms with Crippen LogP contribution in [0.3, 0.4) is 0 Å². The zero-order chi connectivity index (χ0) is 24.3. The second-order valence-corrected chi connectivity index (χ2v) is 9.78. The number of piperazine rings is 1. The first-order valence-corrected chi connectivity index (χ1v) is 11.7. The first kappa shape index (κ1) is 23.8. The lowest BCUT2D eigenvalue weighted by molar-refractivity contribution is 0.0144. The van der Waals surface area contributed by atoms with Crippen LogP contribution in [0.2, 0.25) is 0 Å². The molecule has 1 saturated heterocycles. The van der Waals surface area contributed by atoms with Gasteiger partial charge in [-0.2, -0.15) is 0 Å². The van der Waals surface area contributed by atoms with Gasteiger partial charge in [0.15, 0.2) is 0 Å². The maximum atomic E-state index is 12.3. The predicted molar refractivity (Wildman–Crippen MR) is 133 cm³/mol. The maximum absolute atomic E-state index is 12.3. The number of carbonyl (C=O) groups is 1. The van der Waals surface area contributed by atoms with E-state index in [0.29, 0.717) is 13.1 Å². The summed E-state index contributed by atoms with van der Waals surface area (Å²) >= 11 is 0. The van der Waals surface area contributed by atoms with Crippen molar-refractivity contribution in [2.45, 2.75) is 46.3 Å². The van der Waals surface area contributed by atoms with Crippen molar-refractivity contribution in [1.29, 1.82) is 0 Å². The molecule has 180 valence electrons. The molecule has 1 aliphatic rings. The number of hydrogen-bond acceptors (Lipinski definition) is 8. The number of nitrogens with zero attached hydrogens (tertiary/aromatic N) is 6. The van der Waals surface area contributed by atoms with Gasteiger partial charge in [-0.3, -0.25) is 14.9 Å². The number of hydrogen-bond donors (Lipinski definition) is 1. The van der Waals surface area contributed by atoms with Gasteiger partial charge in [0.25, 0.3) is 0 Å². The molecule has 1 N–H and O–H groups in total. The quantitative estimate of drug-likeness (QED) is 0.611. The summed E-state index contributed by atoms with van der Waals surface area (Å²) in [6.07, 6.45) is 4.89. The molecule has 3 heterocycles. The minimum atomic E-state index is -0.473. The van der Waals surface area contributed by atoms with E-state index >= 15 is 0 Å². The molecular formula is C25H33N7O2. The van der Waals surface area contributed by atoms with Crippen molar-refractivity contribution in [1.82, 2.24) is 29.7 Å². The summed E-state index contributed by atoms with van der Waals surface area (Å²) in [4.78, 5) is 34.4. The number of ether oxygens (including phenoxy) is 1. The highest BCUT2D eigenvalue weighted by Gasteiger charge is 2.26.